The maximum absolute atomic E-state index is 12.7. The zero-order valence-corrected chi connectivity index (χ0v) is 14.4. The third-order valence-corrected chi connectivity index (χ3v) is 5.03. The standard InChI is InChI=1S/C17H14N4OS2/c1-10-6-8-11(9-7-10)18-16(23)20-14-15(22)21-13-5-3-2-4-12(13)19-17(21)24-14/h2-9,14H,1H3,(H2,18,20,23). The van der Waals surface area contributed by atoms with Crippen molar-refractivity contribution in [3.63, 3.8) is 0 Å². The summed E-state index contributed by atoms with van der Waals surface area (Å²) in [5.41, 5.74) is 3.72. The number of para-hydroxylation sites is 2. The van der Waals surface area contributed by atoms with Gasteiger partial charge in [-0.2, -0.15) is 0 Å². The average Bonchev–Trinajstić information content (AvgIpc) is 3.07. The van der Waals surface area contributed by atoms with Crippen molar-refractivity contribution in [1.29, 1.82) is 0 Å². The number of carbonyl (C=O) groups is 1. The molecule has 24 heavy (non-hydrogen) atoms. The molecule has 2 heterocycles. The highest BCUT2D eigenvalue weighted by molar-refractivity contribution is 8.01. The van der Waals surface area contributed by atoms with Gasteiger partial charge in [0.2, 0.25) is 0 Å². The summed E-state index contributed by atoms with van der Waals surface area (Å²) in [6.45, 7) is 2.03. The van der Waals surface area contributed by atoms with Gasteiger partial charge in [-0.15, -0.1) is 0 Å². The lowest BCUT2D eigenvalue weighted by Gasteiger charge is -2.14. The number of hydrogen-bond acceptors (Lipinski definition) is 4. The molecule has 1 atom stereocenters. The van der Waals surface area contributed by atoms with E-state index in [1.807, 2.05) is 55.5 Å². The van der Waals surface area contributed by atoms with Crippen LogP contribution in [0.2, 0.25) is 0 Å². The fourth-order valence-electron chi connectivity index (χ4n) is 2.58. The minimum atomic E-state index is -0.470. The van der Waals surface area contributed by atoms with Crippen LogP contribution < -0.4 is 10.6 Å². The molecular formula is C17H14N4OS2. The lowest BCUT2D eigenvalue weighted by molar-refractivity contribution is 0.0910. The first kappa shape index (κ1) is 15.2. The van der Waals surface area contributed by atoms with E-state index in [0.717, 1.165) is 16.7 Å². The van der Waals surface area contributed by atoms with Gasteiger partial charge in [-0.05, 0) is 43.4 Å². The molecule has 0 saturated heterocycles. The number of nitrogens with zero attached hydrogens (tertiary/aromatic N) is 2. The maximum atomic E-state index is 12.7. The second-order valence-electron chi connectivity index (χ2n) is 5.52. The van der Waals surface area contributed by atoms with Gasteiger partial charge in [-0.3, -0.25) is 9.36 Å². The lowest BCUT2D eigenvalue weighted by Crippen LogP contribution is -2.40. The molecule has 0 spiro atoms. The van der Waals surface area contributed by atoms with Crippen LogP contribution in [0.3, 0.4) is 0 Å². The van der Waals surface area contributed by atoms with Crippen molar-refractivity contribution in [2.24, 2.45) is 0 Å². The van der Waals surface area contributed by atoms with Gasteiger partial charge in [0.25, 0.3) is 5.91 Å². The van der Waals surface area contributed by atoms with Crippen molar-refractivity contribution in [1.82, 2.24) is 14.9 Å². The monoisotopic (exact) mass is 354 g/mol. The molecule has 2 N–H and O–H groups in total. The van der Waals surface area contributed by atoms with Crippen LogP contribution in [0.1, 0.15) is 10.4 Å². The van der Waals surface area contributed by atoms with Crippen molar-refractivity contribution in [2.45, 2.75) is 17.5 Å². The first-order chi connectivity index (χ1) is 11.6. The largest absolute Gasteiger partial charge is 0.342 e. The topological polar surface area (TPSA) is 59.0 Å². The molecule has 0 radical (unpaired) electrons. The second kappa shape index (κ2) is 5.92. The first-order valence-corrected chi connectivity index (χ1v) is 8.73. The number of fused-ring (bicyclic) bond motifs is 3. The number of aromatic nitrogens is 2. The molecule has 1 aromatic heterocycles. The minimum Gasteiger partial charge on any atom is -0.342 e. The van der Waals surface area contributed by atoms with Crippen LogP contribution in [0.25, 0.3) is 11.0 Å². The van der Waals surface area contributed by atoms with E-state index < -0.39 is 5.37 Å². The Labute approximate surface area is 148 Å². The summed E-state index contributed by atoms with van der Waals surface area (Å²) in [5, 5.41) is 6.80. The van der Waals surface area contributed by atoms with E-state index in [1.54, 1.807) is 4.57 Å². The number of imidazole rings is 1. The predicted octanol–water partition coefficient (Wildman–Crippen LogP) is 3.40. The van der Waals surface area contributed by atoms with Gasteiger partial charge < -0.3 is 10.6 Å². The Hall–Kier alpha value is -2.38. The summed E-state index contributed by atoms with van der Waals surface area (Å²) < 4.78 is 1.64. The Morgan fingerprint density at radius 2 is 1.96 bits per heavy atom. The van der Waals surface area contributed by atoms with Crippen molar-refractivity contribution in [2.75, 3.05) is 5.32 Å². The molecule has 3 aromatic rings. The summed E-state index contributed by atoms with van der Waals surface area (Å²) >= 11 is 6.70. The van der Waals surface area contributed by atoms with E-state index in [0.29, 0.717) is 10.3 Å². The highest BCUT2D eigenvalue weighted by atomic mass is 32.2. The van der Waals surface area contributed by atoms with Crippen LogP contribution in [0, 0.1) is 6.92 Å². The predicted molar refractivity (Wildman–Crippen MR) is 101 cm³/mol. The Morgan fingerprint density at radius 1 is 1.21 bits per heavy atom. The Balaban J connectivity index is 1.49. The molecule has 7 heteroatoms. The van der Waals surface area contributed by atoms with Gasteiger partial charge >= 0.3 is 0 Å². The highest BCUT2D eigenvalue weighted by Crippen LogP contribution is 2.33. The first-order valence-electron chi connectivity index (χ1n) is 7.44. The summed E-state index contributed by atoms with van der Waals surface area (Å²) in [6.07, 6.45) is 0. The van der Waals surface area contributed by atoms with Crippen LogP contribution in [-0.2, 0) is 0 Å². The number of anilines is 1. The normalized spacial score (nSPS) is 16.2. The number of hydrogen-bond donors (Lipinski definition) is 2. The second-order valence-corrected chi connectivity index (χ2v) is 7.00. The van der Waals surface area contributed by atoms with Crippen LogP contribution in [0.5, 0.6) is 0 Å². The zero-order chi connectivity index (χ0) is 16.7. The summed E-state index contributed by atoms with van der Waals surface area (Å²) in [7, 11) is 0. The molecule has 120 valence electrons. The van der Waals surface area contributed by atoms with E-state index >= 15 is 0 Å². The molecule has 5 nitrogen and oxygen atoms in total. The summed E-state index contributed by atoms with van der Waals surface area (Å²) in [5.74, 6) is -0.0586. The quantitative estimate of drug-likeness (QED) is 0.688. The van der Waals surface area contributed by atoms with Gasteiger partial charge in [0.05, 0.1) is 11.0 Å². The molecule has 0 aliphatic carbocycles. The lowest BCUT2D eigenvalue weighted by atomic mass is 10.2. The zero-order valence-electron chi connectivity index (χ0n) is 12.8. The summed E-state index contributed by atoms with van der Waals surface area (Å²) in [4.78, 5) is 17.2. The van der Waals surface area contributed by atoms with Crippen molar-refractivity contribution >= 4 is 51.7 Å². The highest BCUT2D eigenvalue weighted by Gasteiger charge is 2.34. The molecule has 1 aliphatic rings. The Kier molecular flexibility index (Phi) is 3.74. The van der Waals surface area contributed by atoms with E-state index in [9.17, 15) is 4.79 Å². The maximum Gasteiger partial charge on any atom is 0.266 e. The van der Waals surface area contributed by atoms with Crippen molar-refractivity contribution in [3.8, 4) is 0 Å². The van der Waals surface area contributed by atoms with Gasteiger partial charge in [0.1, 0.15) is 0 Å². The minimum absolute atomic E-state index is 0.0586. The molecule has 0 fully saturated rings. The van der Waals surface area contributed by atoms with Gasteiger partial charge in [0, 0.05) is 5.69 Å². The SMILES string of the molecule is Cc1ccc(NC(=S)NC2Sc3nc4ccccc4n3C2=O)cc1. The van der Waals surface area contributed by atoms with Crippen LogP contribution in [0.4, 0.5) is 5.69 Å². The van der Waals surface area contributed by atoms with E-state index in [4.69, 9.17) is 12.2 Å². The molecule has 2 aromatic carbocycles. The van der Waals surface area contributed by atoms with E-state index in [-0.39, 0.29) is 5.91 Å². The number of carbonyl (C=O) groups excluding carboxylic acids is 1. The van der Waals surface area contributed by atoms with E-state index in [1.165, 1.54) is 17.3 Å². The smallest absolute Gasteiger partial charge is 0.266 e. The molecular weight excluding hydrogens is 340 g/mol. The van der Waals surface area contributed by atoms with Crippen LogP contribution in [-0.4, -0.2) is 25.9 Å². The molecule has 4 rings (SSSR count). The van der Waals surface area contributed by atoms with Gasteiger partial charge in [-0.25, -0.2) is 4.98 Å². The fourth-order valence-corrected chi connectivity index (χ4v) is 3.93. The molecule has 0 amide bonds. The van der Waals surface area contributed by atoms with Crippen LogP contribution >= 0.6 is 24.0 Å². The van der Waals surface area contributed by atoms with Crippen molar-refractivity contribution < 1.29 is 4.79 Å². The molecule has 0 bridgehead atoms. The Morgan fingerprint density at radius 3 is 2.75 bits per heavy atom. The molecule has 1 aliphatic heterocycles. The molecule has 0 saturated carbocycles. The van der Waals surface area contributed by atoms with Crippen molar-refractivity contribution in [3.05, 3.63) is 54.1 Å². The number of thiocarbonyl (C=S) groups is 1. The summed E-state index contributed by atoms with van der Waals surface area (Å²) in [6, 6.07) is 15.5. The average molecular weight is 354 g/mol. The number of nitrogens with one attached hydrogen (secondary N) is 2. The number of benzene rings is 2. The third-order valence-electron chi connectivity index (χ3n) is 3.77. The number of thioether (sulfide) groups is 1. The number of aryl methyl sites for hydroxylation is 1. The van der Waals surface area contributed by atoms with E-state index in [2.05, 4.69) is 15.6 Å². The third kappa shape index (κ3) is 2.65. The van der Waals surface area contributed by atoms with Gasteiger partial charge in [-0.1, -0.05) is 41.6 Å². The Bertz CT molecular complexity index is 949. The fraction of sp³-hybridized carbons (Fsp3) is 0.118. The number of rotatable bonds is 2. The van der Waals surface area contributed by atoms with Gasteiger partial charge in [0.15, 0.2) is 15.6 Å². The van der Waals surface area contributed by atoms with Crippen LogP contribution in [0.15, 0.2) is 53.7 Å². The molecule has 1 unspecified atom stereocenters.